The molecule has 0 atom stereocenters. The van der Waals surface area contributed by atoms with Crippen molar-refractivity contribution in [3.63, 3.8) is 0 Å². The minimum absolute atomic E-state index is 0.168. The number of nitrogens with two attached hydrogens (primary N) is 1. The molecule has 2 amide bonds. The number of thioether (sulfide) groups is 1. The lowest BCUT2D eigenvalue weighted by Crippen LogP contribution is -2.44. The molecule has 8 nitrogen and oxygen atoms in total. The van der Waals surface area contributed by atoms with Gasteiger partial charge in [-0.15, -0.1) is 10.2 Å². The highest BCUT2D eigenvalue weighted by atomic mass is 32.2. The molecule has 0 aliphatic heterocycles. The average molecular weight is 432 g/mol. The zero-order valence-corrected chi connectivity index (χ0v) is 18.1. The van der Waals surface area contributed by atoms with Gasteiger partial charge in [0, 0.05) is 25.0 Å². The van der Waals surface area contributed by atoms with Crippen molar-refractivity contribution in [1.82, 2.24) is 19.7 Å². The molecule has 2 heterocycles. The van der Waals surface area contributed by atoms with E-state index in [9.17, 15) is 9.59 Å². The third kappa shape index (κ3) is 4.88. The minimum atomic E-state index is -0.396. The first-order valence-electron chi connectivity index (χ1n) is 10.7. The molecule has 2 N–H and O–H groups in total. The van der Waals surface area contributed by atoms with Gasteiger partial charge >= 0.3 is 0 Å². The largest absolute Gasteiger partial charge is 0.461 e. The van der Waals surface area contributed by atoms with E-state index >= 15 is 0 Å². The first kappa shape index (κ1) is 21.0. The quantitative estimate of drug-likeness (QED) is 0.612. The van der Waals surface area contributed by atoms with Gasteiger partial charge < -0.3 is 15.1 Å². The number of amides is 2. The molecule has 30 heavy (non-hydrogen) atoms. The molecular weight excluding hydrogens is 402 g/mol. The van der Waals surface area contributed by atoms with Crippen molar-refractivity contribution in [3.05, 3.63) is 18.4 Å². The van der Waals surface area contributed by atoms with Crippen LogP contribution in [0.3, 0.4) is 0 Å². The predicted octanol–water partition coefficient (Wildman–Crippen LogP) is 3.08. The molecule has 0 bridgehead atoms. The first-order chi connectivity index (χ1) is 14.5. The van der Waals surface area contributed by atoms with Crippen LogP contribution in [0.2, 0.25) is 0 Å². The van der Waals surface area contributed by atoms with Gasteiger partial charge in [-0.2, -0.15) is 0 Å². The maximum Gasteiger partial charge on any atom is 0.233 e. The summed E-state index contributed by atoms with van der Waals surface area (Å²) in [5.74, 6) is 1.96. The zero-order valence-electron chi connectivity index (χ0n) is 17.3. The van der Waals surface area contributed by atoms with Crippen LogP contribution in [0.25, 0.3) is 11.6 Å². The van der Waals surface area contributed by atoms with Crippen molar-refractivity contribution in [2.45, 2.75) is 75.7 Å². The molecule has 2 saturated carbocycles. The number of primary amides is 1. The predicted molar refractivity (Wildman–Crippen MR) is 114 cm³/mol. The van der Waals surface area contributed by atoms with Gasteiger partial charge in [-0.25, -0.2) is 0 Å². The molecule has 9 heteroatoms. The molecule has 162 valence electrons. The molecule has 2 fully saturated rings. The lowest BCUT2D eigenvalue weighted by atomic mass is 9.86. The van der Waals surface area contributed by atoms with Gasteiger partial charge in [0.2, 0.25) is 11.8 Å². The van der Waals surface area contributed by atoms with E-state index in [1.165, 1.54) is 24.6 Å². The summed E-state index contributed by atoms with van der Waals surface area (Å²) in [5, 5.41) is 9.08. The van der Waals surface area contributed by atoms with Crippen LogP contribution < -0.4 is 5.73 Å². The molecule has 4 rings (SSSR count). The van der Waals surface area contributed by atoms with E-state index in [-0.39, 0.29) is 12.3 Å². The number of hydrogen-bond donors (Lipinski definition) is 1. The Hall–Kier alpha value is -2.29. The molecule has 2 aliphatic rings. The molecule has 0 radical (unpaired) electrons. The van der Waals surface area contributed by atoms with Crippen LogP contribution in [0.4, 0.5) is 0 Å². The second-order valence-electron chi connectivity index (χ2n) is 8.39. The lowest BCUT2D eigenvalue weighted by Gasteiger charge is -2.36. The molecule has 0 saturated heterocycles. The van der Waals surface area contributed by atoms with E-state index in [4.69, 9.17) is 10.2 Å². The molecule has 0 unspecified atom stereocenters. The summed E-state index contributed by atoms with van der Waals surface area (Å²) < 4.78 is 7.26. The van der Waals surface area contributed by atoms with Crippen LogP contribution in [0.15, 0.2) is 28.0 Å². The standard InChI is InChI=1S/C21H29N5O3S/c1-14-4-6-15(7-5-14)26(16-8-9-16)19(28)13-30-21-24-23-20(17-3-2-12-29-17)25(21)11-10-18(22)27/h2-3,12,14-16H,4-11,13H2,1H3,(H2,22,27). The number of nitrogens with zero attached hydrogens (tertiary/aromatic N) is 4. The maximum atomic E-state index is 13.1. The Kier molecular flexibility index (Phi) is 6.46. The highest BCUT2D eigenvalue weighted by Crippen LogP contribution is 2.36. The summed E-state index contributed by atoms with van der Waals surface area (Å²) in [4.78, 5) is 26.6. The lowest BCUT2D eigenvalue weighted by molar-refractivity contribution is -0.132. The van der Waals surface area contributed by atoms with Crippen molar-refractivity contribution in [1.29, 1.82) is 0 Å². The third-order valence-electron chi connectivity index (χ3n) is 5.97. The van der Waals surface area contributed by atoms with Crippen LogP contribution in [0, 0.1) is 5.92 Å². The summed E-state index contributed by atoms with van der Waals surface area (Å²) in [5.41, 5.74) is 5.34. The van der Waals surface area contributed by atoms with Crippen molar-refractivity contribution in [2.75, 3.05) is 5.75 Å². The molecule has 2 aliphatic carbocycles. The summed E-state index contributed by atoms with van der Waals surface area (Å²) in [6.45, 7) is 2.65. The Balaban J connectivity index is 1.45. The number of aromatic nitrogens is 3. The smallest absolute Gasteiger partial charge is 0.233 e. The maximum absolute atomic E-state index is 13.1. The number of carbonyl (C=O) groups is 2. The van der Waals surface area contributed by atoms with E-state index in [0.29, 0.717) is 41.1 Å². The van der Waals surface area contributed by atoms with Gasteiger partial charge in [0.05, 0.1) is 12.0 Å². The number of carbonyl (C=O) groups excluding carboxylic acids is 2. The number of hydrogen-bond acceptors (Lipinski definition) is 6. The van der Waals surface area contributed by atoms with E-state index in [2.05, 4.69) is 22.0 Å². The zero-order chi connectivity index (χ0) is 21.1. The average Bonchev–Trinajstić information content (AvgIpc) is 3.24. The van der Waals surface area contributed by atoms with Crippen molar-refractivity contribution >= 4 is 23.6 Å². The molecule has 0 spiro atoms. The Morgan fingerprint density at radius 3 is 2.50 bits per heavy atom. The Morgan fingerprint density at radius 2 is 1.90 bits per heavy atom. The molecule has 0 aromatic carbocycles. The van der Waals surface area contributed by atoms with Gasteiger partial charge in [-0.05, 0) is 56.6 Å². The second kappa shape index (κ2) is 9.24. The Bertz CT molecular complexity index is 869. The van der Waals surface area contributed by atoms with E-state index in [1.54, 1.807) is 18.4 Å². The number of rotatable bonds is 9. The normalized spacial score (nSPS) is 21.5. The van der Waals surface area contributed by atoms with Gasteiger partial charge in [-0.1, -0.05) is 18.7 Å². The van der Waals surface area contributed by atoms with Crippen LogP contribution in [0.5, 0.6) is 0 Å². The van der Waals surface area contributed by atoms with E-state index in [1.807, 2.05) is 4.57 Å². The van der Waals surface area contributed by atoms with E-state index < -0.39 is 5.91 Å². The van der Waals surface area contributed by atoms with Crippen molar-refractivity contribution in [2.24, 2.45) is 11.7 Å². The van der Waals surface area contributed by atoms with Crippen LogP contribution >= 0.6 is 11.8 Å². The molecular formula is C21H29N5O3S. The number of furan rings is 1. The SMILES string of the molecule is CC1CCC(N(C(=O)CSc2nnc(-c3ccco3)n2CCC(N)=O)C2CC2)CC1. The minimum Gasteiger partial charge on any atom is -0.461 e. The topological polar surface area (TPSA) is 107 Å². The van der Waals surface area contributed by atoms with Crippen LogP contribution in [-0.2, 0) is 16.1 Å². The Morgan fingerprint density at radius 1 is 1.20 bits per heavy atom. The Labute approximate surface area is 180 Å². The molecule has 2 aromatic rings. The van der Waals surface area contributed by atoms with E-state index in [0.717, 1.165) is 31.6 Å². The van der Waals surface area contributed by atoms with Gasteiger partial charge in [-0.3, -0.25) is 14.2 Å². The fraction of sp³-hybridized carbons (Fsp3) is 0.619. The highest BCUT2D eigenvalue weighted by Gasteiger charge is 2.38. The van der Waals surface area contributed by atoms with Crippen LogP contribution in [-0.4, -0.2) is 49.3 Å². The van der Waals surface area contributed by atoms with Gasteiger partial charge in [0.1, 0.15) is 0 Å². The fourth-order valence-corrected chi connectivity index (χ4v) is 5.02. The first-order valence-corrected chi connectivity index (χ1v) is 11.7. The van der Waals surface area contributed by atoms with Gasteiger partial charge in [0.15, 0.2) is 16.7 Å². The van der Waals surface area contributed by atoms with Crippen molar-refractivity contribution in [3.8, 4) is 11.6 Å². The fourth-order valence-electron chi connectivity index (χ4n) is 4.19. The summed E-state index contributed by atoms with van der Waals surface area (Å²) in [6.07, 6.45) is 8.56. The third-order valence-corrected chi connectivity index (χ3v) is 6.92. The second-order valence-corrected chi connectivity index (χ2v) is 9.33. The highest BCUT2D eigenvalue weighted by molar-refractivity contribution is 7.99. The molecule has 2 aromatic heterocycles. The summed E-state index contributed by atoms with van der Waals surface area (Å²) in [7, 11) is 0. The summed E-state index contributed by atoms with van der Waals surface area (Å²) >= 11 is 1.37. The van der Waals surface area contributed by atoms with Crippen molar-refractivity contribution < 1.29 is 14.0 Å². The summed E-state index contributed by atoms with van der Waals surface area (Å²) in [6, 6.07) is 4.34. The monoisotopic (exact) mass is 431 g/mol. The van der Waals surface area contributed by atoms with Gasteiger partial charge in [0.25, 0.3) is 0 Å². The van der Waals surface area contributed by atoms with Crippen LogP contribution in [0.1, 0.15) is 51.9 Å².